The second-order valence-electron chi connectivity index (χ2n) is 4.19. The van der Waals surface area contributed by atoms with Crippen molar-refractivity contribution in [3.8, 4) is 0 Å². The largest absolute Gasteiger partial charge is 0.352 e. The Bertz CT molecular complexity index is 236. The lowest BCUT2D eigenvalue weighted by Crippen LogP contribution is -2.31. The van der Waals surface area contributed by atoms with Gasteiger partial charge in [0.2, 0.25) is 5.91 Å². The van der Waals surface area contributed by atoms with E-state index in [0.29, 0.717) is 5.92 Å². The predicted molar refractivity (Wildman–Crippen MR) is 58.0 cm³/mol. The molecule has 1 saturated heterocycles. The minimum atomic E-state index is 0.0805. The van der Waals surface area contributed by atoms with Crippen molar-refractivity contribution in [3.05, 3.63) is 11.1 Å². The molecule has 14 heavy (non-hydrogen) atoms. The van der Waals surface area contributed by atoms with Crippen LogP contribution in [0.3, 0.4) is 0 Å². The quantitative estimate of drug-likeness (QED) is 0.663. The molecule has 0 bridgehead atoms. The molecule has 1 amide bonds. The molecule has 0 spiro atoms. The van der Waals surface area contributed by atoms with Crippen molar-refractivity contribution < 1.29 is 4.79 Å². The Morgan fingerprint density at radius 1 is 1.43 bits per heavy atom. The van der Waals surface area contributed by atoms with Crippen LogP contribution in [0.15, 0.2) is 11.1 Å². The Balaban J connectivity index is 2.30. The van der Waals surface area contributed by atoms with Crippen molar-refractivity contribution in [1.29, 1.82) is 0 Å². The van der Waals surface area contributed by atoms with Gasteiger partial charge in [-0.1, -0.05) is 5.57 Å². The minimum Gasteiger partial charge on any atom is -0.352 e. The van der Waals surface area contributed by atoms with Gasteiger partial charge in [0.1, 0.15) is 0 Å². The van der Waals surface area contributed by atoms with E-state index in [1.165, 1.54) is 6.42 Å². The molecule has 0 saturated carbocycles. The van der Waals surface area contributed by atoms with E-state index in [-0.39, 0.29) is 5.91 Å². The smallest absolute Gasteiger partial charge is 0.246 e. The molecule has 0 aliphatic carbocycles. The number of allylic oxidation sites excluding steroid dienone is 1. The molecule has 1 aliphatic heterocycles. The monoisotopic (exact) mass is 196 g/mol. The third-order valence-electron chi connectivity index (χ3n) is 2.80. The van der Waals surface area contributed by atoms with Gasteiger partial charge < -0.3 is 10.6 Å². The molecule has 0 aromatic heterocycles. The first-order valence-corrected chi connectivity index (χ1v) is 5.24. The fourth-order valence-electron chi connectivity index (χ4n) is 1.49. The summed E-state index contributed by atoms with van der Waals surface area (Å²) in [5.74, 6) is 0.695. The highest BCUT2D eigenvalue weighted by atomic mass is 16.1. The zero-order chi connectivity index (χ0) is 10.6. The van der Waals surface area contributed by atoms with Crippen LogP contribution in [0.4, 0.5) is 0 Å². The van der Waals surface area contributed by atoms with Crippen LogP contribution in [0.25, 0.3) is 0 Å². The van der Waals surface area contributed by atoms with Gasteiger partial charge in [-0.3, -0.25) is 4.79 Å². The van der Waals surface area contributed by atoms with Crippen LogP contribution in [0.2, 0.25) is 0 Å². The molecule has 0 radical (unpaired) electrons. The van der Waals surface area contributed by atoms with Gasteiger partial charge in [0.25, 0.3) is 0 Å². The average molecular weight is 196 g/mol. The van der Waals surface area contributed by atoms with Crippen molar-refractivity contribution in [1.82, 2.24) is 10.6 Å². The van der Waals surface area contributed by atoms with Gasteiger partial charge in [0, 0.05) is 12.1 Å². The van der Waals surface area contributed by atoms with Crippen molar-refractivity contribution in [2.45, 2.75) is 27.2 Å². The zero-order valence-corrected chi connectivity index (χ0v) is 9.31. The third kappa shape index (κ3) is 3.14. The van der Waals surface area contributed by atoms with Crippen LogP contribution < -0.4 is 10.6 Å². The minimum absolute atomic E-state index is 0.0805. The Labute approximate surface area is 86.0 Å². The number of amides is 1. The summed E-state index contributed by atoms with van der Waals surface area (Å²) >= 11 is 0. The Morgan fingerprint density at radius 3 is 2.64 bits per heavy atom. The summed E-state index contributed by atoms with van der Waals surface area (Å²) in [5, 5.41) is 6.25. The highest BCUT2D eigenvalue weighted by Gasteiger charge is 2.15. The van der Waals surface area contributed by atoms with E-state index in [1.807, 2.05) is 20.8 Å². The van der Waals surface area contributed by atoms with Gasteiger partial charge in [-0.15, -0.1) is 0 Å². The summed E-state index contributed by atoms with van der Waals surface area (Å²) in [4.78, 5) is 11.6. The SMILES string of the molecule is CC(C)=C(C)C(=O)NCC1CCNC1. The summed E-state index contributed by atoms with van der Waals surface area (Å²) in [6, 6.07) is 0. The van der Waals surface area contributed by atoms with E-state index in [9.17, 15) is 4.79 Å². The van der Waals surface area contributed by atoms with E-state index in [1.54, 1.807) is 0 Å². The van der Waals surface area contributed by atoms with Crippen LogP contribution in [-0.4, -0.2) is 25.5 Å². The highest BCUT2D eigenvalue weighted by Crippen LogP contribution is 2.06. The topological polar surface area (TPSA) is 41.1 Å². The summed E-state index contributed by atoms with van der Waals surface area (Å²) in [7, 11) is 0. The summed E-state index contributed by atoms with van der Waals surface area (Å²) in [5.41, 5.74) is 1.93. The molecule has 2 N–H and O–H groups in total. The lowest BCUT2D eigenvalue weighted by molar-refractivity contribution is -0.117. The molecule has 1 rings (SSSR count). The van der Waals surface area contributed by atoms with Gasteiger partial charge in [-0.2, -0.15) is 0 Å². The number of nitrogens with one attached hydrogen (secondary N) is 2. The standard InChI is InChI=1S/C11H20N2O/c1-8(2)9(3)11(14)13-7-10-4-5-12-6-10/h10,12H,4-7H2,1-3H3,(H,13,14). The van der Waals surface area contributed by atoms with Gasteiger partial charge >= 0.3 is 0 Å². The number of carbonyl (C=O) groups is 1. The Kier molecular flexibility index (Phi) is 4.14. The molecule has 0 aromatic carbocycles. The first-order chi connectivity index (χ1) is 6.61. The highest BCUT2D eigenvalue weighted by molar-refractivity contribution is 5.93. The molecule has 80 valence electrons. The molecule has 3 heteroatoms. The van der Waals surface area contributed by atoms with E-state index in [2.05, 4.69) is 10.6 Å². The Hall–Kier alpha value is -0.830. The van der Waals surface area contributed by atoms with Crippen LogP contribution >= 0.6 is 0 Å². The maximum absolute atomic E-state index is 11.6. The van der Waals surface area contributed by atoms with Crippen LogP contribution in [-0.2, 0) is 4.79 Å². The van der Waals surface area contributed by atoms with Crippen molar-refractivity contribution in [2.75, 3.05) is 19.6 Å². The van der Waals surface area contributed by atoms with Gasteiger partial charge in [0.05, 0.1) is 0 Å². The van der Waals surface area contributed by atoms with Crippen LogP contribution in [0, 0.1) is 5.92 Å². The van der Waals surface area contributed by atoms with Crippen LogP contribution in [0.1, 0.15) is 27.2 Å². The fraction of sp³-hybridized carbons (Fsp3) is 0.727. The van der Waals surface area contributed by atoms with E-state index < -0.39 is 0 Å². The lowest BCUT2D eigenvalue weighted by atomic mass is 10.1. The Morgan fingerprint density at radius 2 is 2.14 bits per heavy atom. The first kappa shape index (κ1) is 11.2. The molecule has 1 aliphatic rings. The third-order valence-corrected chi connectivity index (χ3v) is 2.80. The molecule has 1 atom stereocenters. The van der Waals surface area contributed by atoms with Crippen molar-refractivity contribution in [3.63, 3.8) is 0 Å². The second-order valence-corrected chi connectivity index (χ2v) is 4.19. The van der Waals surface area contributed by atoms with Gasteiger partial charge in [-0.25, -0.2) is 0 Å². The predicted octanol–water partition coefficient (Wildman–Crippen LogP) is 1.07. The normalized spacial score (nSPS) is 20.6. The molecule has 1 unspecified atom stereocenters. The molecule has 3 nitrogen and oxygen atoms in total. The maximum atomic E-state index is 11.6. The average Bonchev–Trinajstić information content (AvgIpc) is 2.65. The molecule has 1 fully saturated rings. The molecule has 1 heterocycles. The second kappa shape index (κ2) is 5.15. The summed E-state index contributed by atoms with van der Waals surface area (Å²) in [6.45, 7) is 8.72. The lowest BCUT2D eigenvalue weighted by Gasteiger charge is -2.10. The zero-order valence-electron chi connectivity index (χ0n) is 9.31. The van der Waals surface area contributed by atoms with Crippen molar-refractivity contribution in [2.24, 2.45) is 5.92 Å². The summed E-state index contributed by atoms with van der Waals surface area (Å²) in [6.07, 6.45) is 1.17. The number of carbonyl (C=O) groups excluding carboxylic acids is 1. The van der Waals surface area contributed by atoms with Crippen LogP contribution in [0.5, 0.6) is 0 Å². The summed E-state index contributed by atoms with van der Waals surface area (Å²) < 4.78 is 0. The van der Waals surface area contributed by atoms with Gasteiger partial charge in [-0.05, 0) is 46.2 Å². The van der Waals surface area contributed by atoms with E-state index in [4.69, 9.17) is 0 Å². The number of hydrogen-bond acceptors (Lipinski definition) is 2. The van der Waals surface area contributed by atoms with Crippen molar-refractivity contribution >= 4 is 5.91 Å². The fourth-order valence-corrected chi connectivity index (χ4v) is 1.49. The van der Waals surface area contributed by atoms with E-state index in [0.717, 1.165) is 30.8 Å². The molecular weight excluding hydrogens is 176 g/mol. The number of rotatable bonds is 3. The molecular formula is C11H20N2O. The van der Waals surface area contributed by atoms with E-state index >= 15 is 0 Å². The maximum Gasteiger partial charge on any atom is 0.246 e. The first-order valence-electron chi connectivity index (χ1n) is 5.24. The number of hydrogen-bond donors (Lipinski definition) is 2. The molecule has 0 aromatic rings. The van der Waals surface area contributed by atoms with Gasteiger partial charge in [0.15, 0.2) is 0 Å².